The maximum atomic E-state index is 13.9. The zero-order valence-electron chi connectivity index (χ0n) is 12.3. The van der Waals surface area contributed by atoms with Crippen molar-refractivity contribution in [2.75, 3.05) is 0 Å². The van der Waals surface area contributed by atoms with Crippen LogP contribution < -0.4 is 0 Å². The Morgan fingerprint density at radius 1 is 1.17 bits per heavy atom. The summed E-state index contributed by atoms with van der Waals surface area (Å²) in [6, 6.07) is 15.3. The van der Waals surface area contributed by atoms with Gasteiger partial charge in [-0.3, -0.25) is 4.79 Å². The van der Waals surface area contributed by atoms with Crippen molar-refractivity contribution in [1.82, 2.24) is 9.78 Å². The van der Waals surface area contributed by atoms with E-state index in [1.54, 1.807) is 22.9 Å². The minimum atomic E-state index is -0.602. The van der Waals surface area contributed by atoms with Crippen molar-refractivity contribution < 1.29 is 9.18 Å². The summed E-state index contributed by atoms with van der Waals surface area (Å²) < 4.78 is 15.5. The number of carbonyl (C=O) groups is 1. The molecule has 5 heteroatoms. The Labute approximate surface area is 132 Å². The van der Waals surface area contributed by atoms with Crippen LogP contribution in [0.15, 0.2) is 48.5 Å². The first kappa shape index (κ1) is 14.7. The summed E-state index contributed by atoms with van der Waals surface area (Å²) >= 11 is 0. The molecule has 23 heavy (non-hydrogen) atoms. The third kappa shape index (κ3) is 2.74. The molecule has 3 rings (SSSR count). The van der Waals surface area contributed by atoms with E-state index >= 15 is 0 Å². The van der Waals surface area contributed by atoms with Gasteiger partial charge in [-0.25, -0.2) is 9.07 Å². The normalized spacial score (nSPS) is 10.3. The van der Waals surface area contributed by atoms with Crippen LogP contribution in [0.25, 0.3) is 16.9 Å². The zero-order valence-corrected chi connectivity index (χ0v) is 12.3. The Kier molecular flexibility index (Phi) is 3.73. The number of carbonyl (C=O) groups excluding carboxylic acids is 1. The van der Waals surface area contributed by atoms with Gasteiger partial charge in [-0.05, 0) is 37.3 Å². The predicted molar refractivity (Wildman–Crippen MR) is 83.8 cm³/mol. The first-order valence-electron chi connectivity index (χ1n) is 6.94. The van der Waals surface area contributed by atoms with E-state index in [9.17, 15) is 9.18 Å². The standard InChI is InChI=1S/C18H12FN3O/c1-12-2-6-16(7-3-12)22-18(9-15(11-23)21-22)13-4-5-14(10-20)17(19)8-13/h2-9,11H,1H3. The molecule has 0 aliphatic heterocycles. The highest BCUT2D eigenvalue weighted by molar-refractivity contribution is 5.76. The van der Waals surface area contributed by atoms with E-state index in [-0.39, 0.29) is 11.3 Å². The van der Waals surface area contributed by atoms with Crippen LogP contribution in [0, 0.1) is 24.1 Å². The number of aromatic nitrogens is 2. The molecule has 112 valence electrons. The van der Waals surface area contributed by atoms with Gasteiger partial charge in [0, 0.05) is 5.56 Å². The van der Waals surface area contributed by atoms with Gasteiger partial charge in [-0.2, -0.15) is 10.4 Å². The molecule has 0 N–H and O–H groups in total. The molecule has 0 saturated carbocycles. The van der Waals surface area contributed by atoms with E-state index in [2.05, 4.69) is 5.10 Å². The summed E-state index contributed by atoms with van der Waals surface area (Å²) in [5.41, 5.74) is 3.23. The average Bonchev–Trinajstić information content (AvgIpc) is 3.00. The van der Waals surface area contributed by atoms with Gasteiger partial charge < -0.3 is 0 Å². The highest BCUT2D eigenvalue weighted by atomic mass is 19.1. The Bertz CT molecular complexity index is 920. The molecule has 1 heterocycles. The van der Waals surface area contributed by atoms with Crippen LogP contribution in [0.1, 0.15) is 21.6 Å². The minimum absolute atomic E-state index is 0.0224. The lowest BCUT2D eigenvalue weighted by Crippen LogP contribution is -2.00. The topological polar surface area (TPSA) is 58.7 Å². The molecule has 0 atom stereocenters. The number of rotatable bonds is 3. The maximum Gasteiger partial charge on any atom is 0.170 e. The molecule has 0 bridgehead atoms. The van der Waals surface area contributed by atoms with Crippen molar-refractivity contribution in [3.63, 3.8) is 0 Å². The molecule has 0 aliphatic rings. The molecule has 0 aliphatic carbocycles. The lowest BCUT2D eigenvalue weighted by atomic mass is 10.1. The second-order valence-corrected chi connectivity index (χ2v) is 5.13. The minimum Gasteiger partial charge on any atom is -0.296 e. The first-order chi connectivity index (χ1) is 11.1. The summed E-state index contributed by atoms with van der Waals surface area (Å²) in [4.78, 5) is 11.1. The first-order valence-corrected chi connectivity index (χ1v) is 6.94. The van der Waals surface area contributed by atoms with E-state index in [0.29, 0.717) is 17.5 Å². The van der Waals surface area contributed by atoms with Gasteiger partial charge in [0.15, 0.2) is 6.29 Å². The van der Waals surface area contributed by atoms with Crippen molar-refractivity contribution in [1.29, 1.82) is 5.26 Å². The number of nitrogens with zero attached hydrogens (tertiary/aromatic N) is 3. The number of halogens is 1. The van der Waals surface area contributed by atoms with Crippen LogP contribution in [0.4, 0.5) is 4.39 Å². The van der Waals surface area contributed by atoms with Crippen LogP contribution in [-0.2, 0) is 0 Å². The molecule has 4 nitrogen and oxygen atoms in total. The SMILES string of the molecule is Cc1ccc(-n2nc(C=O)cc2-c2ccc(C#N)c(F)c2)cc1. The van der Waals surface area contributed by atoms with Gasteiger partial charge in [0.2, 0.25) is 0 Å². The maximum absolute atomic E-state index is 13.9. The molecule has 0 spiro atoms. The van der Waals surface area contributed by atoms with E-state index in [0.717, 1.165) is 11.3 Å². The number of nitriles is 1. The second kappa shape index (κ2) is 5.85. The van der Waals surface area contributed by atoms with Crippen LogP contribution in [-0.4, -0.2) is 16.1 Å². The summed E-state index contributed by atoms with van der Waals surface area (Å²) in [5, 5.41) is 13.1. The summed E-state index contributed by atoms with van der Waals surface area (Å²) in [7, 11) is 0. The quantitative estimate of drug-likeness (QED) is 0.694. The van der Waals surface area contributed by atoms with Crippen LogP contribution >= 0.6 is 0 Å². The number of aldehydes is 1. The molecule has 0 fully saturated rings. The van der Waals surface area contributed by atoms with E-state index in [1.165, 1.54) is 12.1 Å². The van der Waals surface area contributed by atoms with Gasteiger partial charge in [0.1, 0.15) is 17.6 Å². The van der Waals surface area contributed by atoms with Gasteiger partial charge in [0.25, 0.3) is 0 Å². The summed E-state index contributed by atoms with van der Waals surface area (Å²) in [6.07, 6.45) is 0.647. The van der Waals surface area contributed by atoms with Crippen LogP contribution in [0.2, 0.25) is 0 Å². The molecule has 0 amide bonds. The van der Waals surface area contributed by atoms with E-state index in [4.69, 9.17) is 5.26 Å². The average molecular weight is 305 g/mol. The Morgan fingerprint density at radius 2 is 1.91 bits per heavy atom. The predicted octanol–water partition coefficient (Wildman–Crippen LogP) is 3.67. The van der Waals surface area contributed by atoms with E-state index in [1.807, 2.05) is 31.2 Å². The molecule has 0 unspecified atom stereocenters. The molecule has 0 radical (unpaired) electrons. The fourth-order valence-electron chi connectivity index (χ4n) is 2.31. The smallest absolute Gasteiger partial charge is 0.170 e. The number of hydrogen-bond acceptors (Lipinski definition) is 3. The summed E-state index contributed by atoms with van der Waals surface area (Å²) in [5.74, 6) is -0.602. The lowest BCUT2D eigenvalue weighted by molar-refractivity contribution is 0.111. The van der Waals surface area contributed by atoms with Crippen molar-refractivity contribution in [3.05, 3.63) is 71.2 Å². The highest BCUT2D eigenvalue weighted by Crippen LogP contribution is 2.25. The van der Waals surface area contributed by atoms with Crippen molar-refractivity contribution in [2.45, 2.75) is 6.92 Å². The third-order valence-electron chi connectivity index (χ3n) is 3.51. The largest absolute Gasteiger partial charge is 0.296 e. The lowest BCUT2D eigenvalue weighted by Gasteiger charge is -2.08. The molecular formula is C18H12FN3O. The van der Waals surface area contributed by atoms with Crippen LogP contribution in [0.5, 0.6) is 0 Å². The van der Waals surface area contributed by atoms with Crippen molar-refractivity contribution >= 4 is 6.29 Å². The molecule has 3 aromatic rings. The fraction of sp³-hybridized carbons (Fsp3) is 0.0556. The molecule has 1 aromatic heterocycles. The zero-order chi connectivity index (χ0) is 16.4. The fourth-order valence-corrected chi connectivity index (χ4v) is 2.31. The van der Waals surface area contributed by atoms with E-state index < -0.39 is 5.82 Å². The van der Waals surface area contributed by atoms with Gasteiger partial charge in [0.05, 0.1) is 16.9 Å². The van der Waals surface area contributed by atoms with Gasteiger partial charge in [-0.1, -0.05) is 23.8 Å². The number of benzene rings is 2. The number of aryl methyl sites for hydroxylation is 1. The van der Waals surface area contributed by atoms with Gasteiger partial charge in [-0.15, -0.1) is 0 Å². The highest BCUT2D eigenvalue weighted by Gasteiger charge is 2.13. The molecule has 2 aromatic carbocycles. The monoisotopic (exact) mass is 305 g/mol. The van der Waals surface area contributed by atoms with Gasteiger partial charge >= 0.3 is 0 Å². The summed E-state index contributed by atoms with van der Waals surface area (Å²) in [6.45, 7) is 1.97. The Balaban J connectivity index is 2.17. The van der Waals surface area contributed by atoms with Crippen molar-refractivity contribution in [2.24, 2.45) is 0 Å². The molecular weight excluding hydrogens is 293 g/mol. The number of hydrogen-bond donors (Lipinski definition) is 0. The Morgan fingerprint density at radius 3 is 2.52 bits per heavy atom. The van der Waals surface area contributed by atoms with Crippen LogP contribution in [0.3, 0.4) is 0 Å². The molecule has 0 saturated heterocycles. The van der Waals surface area contributed by atoms with Crippen molar-refractivity contribution in [3.8, 4) is 23.0 Å². The third-order valence-corrected chi connectivity index (χ3v) is 3.51. The Hall–Kier alpha value is -3.26. The second-order valence-electron chi connectivity index (χ2n) is 5.13.